The molecule has 1 aliphatic heterocycles. The zero-order valence-electron chi connectivity index (χ0n) is 68.2. The van der Waals surface area contributed by atoms with E-state index < -0.39 is 236 Å². The van der Waals surface area contributed by atoms with Crippen LogP contribution >= 0.6 is 11.8 Å². The summed E-state index contributed by atoms with van der Waals surface area (Å²) in [4.78, 5) is 236. The van der Waals surface area contributed by atoms with Crippen LogP contribution in [-0.4, -0.2) is 292 Å². The molecular weight excluding hydrogens is 1560 g/mol. The Bertz CT molecular complexity index is 3300. The Kier molecular flexibility index (Phi) is 51.0. The molecule has 15 amide bonds. The van der Waals surface area contributed by atoms with Crippen molar-refractivity contribution in [2.45, 2.75) is 261 Å². The number of aliphatic hydroxyl groups excluding tert-OH is 3. The fourth-order valence-corrected chi connectivity index (χ4v) is 12.5. The van der Waals surface area contributed by atoms with E-state index in [0.717, 1.165) is 4.90 Å². The van der Waals surface area contributed by atoms with E-state index in [2.05, 4.69) is 74.1 Å². The van der Waals surface area contributed by atoms with Crippen LogP contribution in [0.25, 0.3) is 0 Å². The van der Waals surface area contributed by atoms with Crippen molar-refractivity contribution in [3.63, 3.8) is 0 Å². The molecule has 45 heteroatoms. The second-order valence-electron chi connectivity index (χ2n) is 29.8. The minimum atomic E-state index is -1.86. The molecule has 0 aromatic rings. The summed E-state index contributed by atoms with van der Waals surface area (Å²) in [5.41, 5.74) is 39.2. The first-order valence-corrected chi connectivity index (χ1v) is 40.8. The first kappa shape index (κ1) is 105. The molecule has 0 radical (unpaired) electrons. The highest BCUT2D eigenvalue weighted by atomic mass is 32.2. The Labute approximate surface area is 685 Å². The number of carboxylic acid groups (broad SMARTS) is 2. The predicted molar refractivity (Wildman–Crippen MR) is 428 cm³/mol. The fourth-order valence-electron chi connectivity index (χ4n) is 12.1. The lowest BCUT2D eigenvalue weighted by Gasteiger charge is -2.29. The van der Waals surface area contributed by atoms with Gasteiger partial charge in [-0.1, -0.05) is 41.5 Å². The molecule has 0 aromatic carbocycles. The van der Waals surface area contributed by atoms with Crippen LogP contribution in [0.2, 0.25) is 0 Å². The third-order valence-electron chi connectivity index (χ3n) is 18.5. The van der Waals surface area contributed by atoms with E-state index in [1.54, 1.807) is 34.0 Å². The summed E-state index contributed by atoms with van der Waals surface area (Å²) in [5, 5.41) is 83.1. The molecule has 1 heterocycles. The van der Waals surface area contributed by atoms with Crippen LogP contribution in [0, 0.1) is 17.8 Å². The Morgan fingerprint density at radius 2 is 0.778 bits per heavy atom. The number of carboxylic acids is 2. The third-order valence-corrected chi connectivity index (χ3v) is 19.2. The van der Waals surface area contributed by atoms with Crippen LogP contribution in [0.5, 0.6) is 0 Å². The van der Waals surface area contributed by atoms with Crippen LogP contribution < -0.4 is 109 Å². The summed E-state index contributed by atoms with van der Waals surface area (Å²) < 4.78 is 0. The van der Waals surface area contributed by atoms with Crippen LogP contribution in [-0.2, 0) is 81.5 Å². The number of primary amides is 1. The number of hydrogen-bond acceptors (Lipinski definition) is 26. The molecule has 0 spiro atoms. The van der Waals surface area contributed by atoms with E-state index in [4.69, 9.17) is 40.1 Å². The van der Waals surface area contributed by atoms with E-state index in [1.807, 2.05) is 0 Å². The number of likely N-dealkylation sites (tertiary alicyclic amines) is 1. The van der Waals surface area contributed by atoms with Gasteiger partial charge in [0.25, 0.3) is 0 Å². The SMILES string of the molecule is CSCC[C@H](NC(=O)[C@H](CCC(=O)O)NC(=O)[C@H](CCCCN)NC(=O)[C@H](CO)NC(=O)[C@@H](NC(=O)[C@H](C)NC(=O)[C@H](CCCCN)NC(=O)[C@H](CC(C)C)NC(=O)[C@H](CC(C)C)NC(=O)[C@@H](N)CC(N)=O)C(C)C)C(=O)N[C@@H](CO)C(=O)N[C@@H](CCCCN)C(=O)N[C@@H](CCCN=C(N)N)C(=O)N[C@@H](CO)C(=O)N1CCC[C@H]1C(=O)O. The third kappa shape index (κ3) is 40.4. The van der Waals surface area contributed by atoms with Crippen molar-refractivity contribution in [3.05, 3.63) is 0 Å². The minimum Gasteiger partial charge on any atom is -0.481 e. The van der Waals surface area contributed by atoms with Crippen molar-refractivity contribution in [1.82, 2.24) is 74.0 Å². The maximum atomic E-state index is 14.4. The number of unbranched alkanes of at least 4 members (excludes halogenated alkanes) is 3. The summed E-state index contributed by atoms with van der Waals surface area (Å²) in [7, 11) is 0. The van der Waals surface area contributed by atoms with Crippen LogP contribution in [0.3, 0.4) is 0 Å². The molecule has 1 saturated heterocycles. The number of nitrogens with one attached hydrogen (secondary N) is 13. The van der Waals surface area contributed by atoms with Crippen molar-refractivity contribution in [2.24, 2.45) is 62.9 Å². The van der Waals surface area contributed by atoms with Crippen LogP contribution in [0.4, 0.5) is 0 Å². The summed E-state index contributed by atoms with van der Waals surface area (Å²) in [6, 6.07) is -22.6. The Balaban J connectivity index is 3.52. The van der Waals surface area contributed by atoms with Crippen molar-refractivity contribution in [1.29, 1.82) is 0 Å². The van der Waals surface area contributed by atoms with E-state index in [0.29, 0.717) is 25.7 Å². The van der Waals surface area contributed by atoms with Gasteiger partial charge in [-0.15, -0.1) is 0 Å². The van der Waals surface area contributed by atoms with Crippen molar-refractivity contribution >= 4 is 118 Å². The number of carbonyl (C=O) groups is 17. The quantitative estimate of drug-likeness (QED) is 0.0153. The molecule has 32 N–H and O–H groups in total. The molecule has 0 bridgehead atoms. The molecule has 1 fully saturated rings. The number of nitrogens with two attached hydrogens (primary N) is 7. The maximum absolute atomic E-state index is 14.4. The molecule has 1 aliphatic rings. The number of aliphatic imine (C=N–C) groups is 1. The van der Waals surface area contributed by atoms with Crippen LogP contribution in [0.15, 0.2) is 4.99 Å². The van der Waals surface area contributed by atoms with Gasteiger partial charge in [0.05, 0.1) is 32.3 Å². The second-order valence-corrected chi connectivity index (χ2v) is 30.7. The van der Waals surface area contributed by atoms with Gasteiger partial charge >= 0.3 is 11.9 Å². The molecule has 1 rings (SSSR count). The number of aliphatic hydroxyl groups is 3. The number of carbonyl (C=O) groups excluding carboxylic acids is 15. The standard InChI is InChI=1S/C72H130N22O22S/c1-37(2)31-48(88-58(102)41(76)33-54(77)98)66(110)89-49(32-38(3)4)65(109)83-42(17-9-12-25-73)59(103)81-40(7)57(101)93-56(39(5)6)69(113)91-51(35-96)68(112)85-44(19-11-14-27-75)61(105)86-46(22-23-55(99)100)63(107)87-47(24-30-117-8)64(108)90-50(34-95)67(111)84-43(18-10-13-26-74)60(104)82-45(20-15-28-80-72(78)79)62(106)92-52(36-97)70(114)94-29-16-21-53(94)71(115)116/h37-53,56,95-97H,9-36,73-76H2,1-8H3,(H2,77,98)(H,81,103)(H,82,104)(H,83,109)(H,84,111)(H,85,112)(H,86,105)(H,87,107)(H,88,102)(H,89,110)(H,90,108)(H,91,113)(H,92,106)(H,93,101)(H,99,100)(H,115,116)(H4,78,79,80)/t40-,41-,42-,43-,44-,45-,46-,47-,48-,49-,50-,51-,52-,53-,56-/m0/s1. The van der Waals surface area contributed by atoms with Crippen molar-refractivity contribution in [2.75, 3.05) is 64.6 Å². The summed E-state index contributed by atoms with van der Waals surface area (Å²) >= 11 is 1.21. The average Bonchev–Trinajstić information content (AvgIpc) is 1.78. The highest BCUT2D eigenvalue weighted by Crippen LogP contribution is 2.20. The number of rotatable bonds is 60. The van der Waals surface area contributed by atoms with Gasteiger partial charge in [0, 0.05) is 19.5 Å². The molecule has 117 heavy (non-hydrogen) atoms. The number of guanidine groups is 1. The predicted octanol–water partition coefficient (Wildman–Crippen LogP) is -8.63. The summed E-state index contributed by atoms with van der Waals surface area (Å²) in [6.45, 7) is 8.70. The molecule has 0 unspecified atom stereocenters. The van der Waals surface area contributed by atoms with E-state index in [-0.39, 0.29) is 133 Å². The highest BCUT2D eigenvalue weighted by Gasteiger charge is 2.41. The van der Waals surface area contributed by atoms with Crippen molar-refractivity contribution < 1.29 is 107 Å². The number of aliphatic carboxylic acids is 2. The highest BCUT2D eigenvalue weighted by molar-refractivity contribution is 7.98. The lowest BCUT2D eigenvalue weighted by Crippen LogP contribution is -2.62. The lowest BCUT2D eigenvalue weighted by atomic mass is 9.99. The number of amides is 15. The molecule has 0 aliphatic carbocycles. The summed E-state index contributed by atoms with van der Waals surface area (Å²) in [6.07, 6.45) is 1.39. The van der Waals surface area contributed by atoms with Crippen molar-refractivity contribution in [3.8, 4) is 0 Å². The molecular formula is C72H130N22O22S. The zero-order valence-corrected chi connectivity index (χ0v) is 69.0. The fraction of sp³-hybridized carbons (Fsp3) is 0.750. The molecule has 0 aromatic heterocycles. The van der Waals surface area contributed by atoms with Gasteiger partial charge in [-0.25, -0.2) is 4.79 Å². The Morgan fingerprint density at radius 1 is 0.427 bits per heavy atom. The molecule has 15 atom stereocenters. The van der Waals surface area contributed by atoms with E-state index in [1.165, 1.54) is 32.5 Å². The van der Waals surface area contributed by atoms with Gasteiger partial charge in [0.1, 0.15) is 84.6 Å². The lowest BCUT2D eigenvalue weighted by molar-refractivity contribution is -0.150. The van der Waals surface area contributed by atoms with Gasteiger partial charge < -0.3 is 140 Å². The van der Waals surface area contributed by atoms with Crippen LogP contribution in [0.1, 0.15) is 170 Å². The van der Waals surface area contributed by atoms with E-state index >= 15 is 0 Å². The average molecular weight is 1690 g/mol. The summed E-state index contributed by atoms with van der Waals surface area (Å²) in [5.74, 6) is -18.6. The van der Waals surface area contributed by atoms with Gasteiger partial charge in [0.2, 0.25) is 88.6 Å². The van der Waals surface area contributed by atoms with Gasteiger partial charge in [-0.05, 0) is 165 Å². The monoisotopic (exact) mass is 1690 g/mol. The first-order valence-electron chi connectivity index (χ1n) is 39.4. The largest absolute Gasteiger partial charge is 0.481 e. The minimum absolute atomic E-state index is 0.00438. The smallest absolute Gasteiger partial charge is 0.326 e. The topological polar surface area (TPSA) is 745 Å². The first-order chi connectivity index (χ1) is 55.1. The van der Waals surface area contributed by atoms with Gasteiger partial charge in [-0.2, -0.15) is 11.8 Å². The maximum Gasteiger partial charge on any atom is 0.326 e. The van der Waals surface area contributed by atoms with Gasteiger partial charge in [0.15, 0.2) is 5.96 Å². The second kappa shape index (κ2) is 56.6. The number of hydrogen-bond donors (Lipinski definition) is 25. The molecule has 44 nitrogen and oxygen atoms in total. The normalized spacial score (nSPS) is 16.2. The Hall–Kier alpha value is -9.67. The molecule has 0 saturated carbocycles. The zero-order chi connectivity index (χ0) is 88.8. The Morgan fingerprint density at radius 3 is 1.15 bits per heavy atom. The molecule has 666 valence electrons. The number of thioether (sulfide) groups is 1. The van der Waals surface area contributed by atoms with E-state index in [9.17, 15) is 107 Å². The van der Waals surface area contributed by atoms with Gasteiger partial charge in [-0.3, -0.25) is 81.7 Å². The number of nitrogens with zero attached hydrogens (tertiary/aromatic N) is 2.